The summed E-state index contributed by atoms with van der Waals surface area (Å²) in [6.45, 7) is 10.1. The third kappa shape index (κ3) is 5.15. The van der Waals surface area contributed by atoms with Gasteiger partial charge in [0.15, 0.2) is 0 Å². The van der Waals surface area contributed by atoms with Gasteiger partial charge in [0.1, 0.15) is 0 Å². The molecule has 0 spiro atoms. The van der Waals surface area contributed by atoms with Gasteiger partial charge in [-0.15, -0.1) is 0 Å². The summed E-state index contributed by atoms with van der Waals surface area (Å²) in [6.07, 6.45) is 20.9. The van der Waals surface area contributed by atoms with Crippen LogP contribution in [0.4, 0.5) is 0 Å². The Labute approximate surface area is 190 Å². The molecule has 0 radical (unpaired) electrons. The summed E-state index contributed by atoms with van der Waals surface area (Å²) in [5, 5.41) is 0. The van der Waals surface area contributed by atoms with E-state index in [1.54, 1.807) is 0 Å². The quantitative estimate of drug-likeness (QED) is 0.390. The second-order valence-corrected chi connectivity index (χ2v) is 10.9. The number of nitrogens with zero attached hydrogens (tertiary/aromatic N) is 6. The van der Waals surface area contributed by atoms with Crippen LogP contribution < -0.4 is 0 Å². The normalized spacial score (nSPS) is 11.4. The fourth-order valence-corrected chi connectivity index (χ4v) is 7.85. The van der Waals surface area contributed by atoms with Gasteiger partial charge < -0.3 is 0 Å². The summed E-state index contributed by atoms with van der Waals surface area (Å²) >= 11 is -1.27. The Hall–Kier alpha value is -1.85. The molecule has 0 N–H and O–H groups in total. The van der Waals surface area contributed by atoms with Gasteiger partial charge in [-0.1, -0.05) is 0 Å². The molecule has 3 aromatic rings. The van der Waals surface area contributed by atoms with Crippen molar-refractivity contribution in [1.29, 1.82) is 0 Å². The van der Waals surface area contributed by atoms with Crippen LogP contribution in [0.1, 0.15) is 59.3 Å². The van der Waals surface area contributed by atoms with Gasteiger partial charge in [0.2, 0.25) is 0 Å². The summed E-state index contributed by atoms with van der Waals surface area (Å²) in [5.41, 5.74) is 0. The molecule has 7 heteroatoms. The zero-order chi connectivity index (χ0) is 22.4. The van der Waals surface area contributed by atoms with E-state index in [2.05, 4.69) is 106 Å². The monoisotopic (exact) mass is 469 g/mol. The molecule has 0 fully saturated rings. The molecule has 0 bridgehead atoms. The van der Waals surface area contributed by atoms with Crippen molar-refractivity contribution < 1.29 is 12.6 Å². The van der Waals surface area contributed by atoms with Crippen LogP contribution in [-0.2, 0) is 53.4 Å². The fraction of sp³-hybridized carbons (Fsp3) is 0.625. The zero-order valence-corrected chi connectivity index (χ0v) is 21.6. The van der Waals surface area contributed by atoms with Gasteiger partial charge >= 0.3 is 190 Å². The predicted octanol–water partition coefficient (Wildman–Crippen LogP) is 5.12. The Balaban J connectivity index is 2.69. The summed E-state index contributed by atoms with van der Waals surface area (Å²) in [5.74, 6) is 0. The first-order valence-corrected chi connectivity index (χ1v) is 13.6. The molecule has 31 heavy (non-hydrogen) atoms. The summed E-state index contributed by atoms with van der Waals surface area (Å²) < 4.78 is 19.1. The number of unbranched alkanes of at least 4 members (excludes halogenated alkanes) is 3. The van der Waals surface area contributed by atoms with E-state index in [0.29, 0.717) is 0 Å². The maximum atomic E-state index is 2.52. The molecule has 6 nitrogen and oxygen atoms in total. The van der Waals surface area contributed by atoms with Crippen molar-refractivity contribution in [2.24, 2.45) is 21.1 Å². The van der Waals surface area contributed by atoms with Crippen LogP contribution in [0.5, 0.6) is 0 Å². The van der Waals surface area contributed by atoms with Crippen molar-refractivity contribution in [2.75, 3.05) is 0 Å². The SMILES string of the molecule is CCCCn1ccn(C)[c]1=[Mn](=[c]1n(C)ccn1CCCC)=[c]1n(C)ccn1CCCC. The number of hydrogen-bond donors (Lipinski definition) is 0. The van der Waals surface area contributed by atoms with Crippen molar-refractivity contribution >= 4 is 0 Å². The molecule has 0 aliphatic rings. The van der Waals surface area contributed by atoms with Crippen molar-refractivity contribution in [3.8, 4) is 0 Å². The standard InChI is InChI=1S/3C8H14N2.Mn/c3*1-3-4-5-10-7-6-9(2)8-10;/h3*6-7H,3-5H2,1-2H3;. The Bertz CT molecular complexity index is 1090. The van der Waals surface area contributed by atoms with Crippen LogP contribution in [-0.4, -0.2) is 27.4 Å². The average molecular weight is 470 g/mol. The molecule has 0 atom stereocenters. The van der Waals surface area contributed by atoms with Crippen LogP contribution in [0.2, 0.25) is 0 Å². The van der Waals surface area contributed by atoms with E-state index in [-0.39, 0.29) is 0 Å². The second kappa shape index (κ2) is 11.1. The van der Waals surface area contributed by atoms with Gasteiger partial charge in [-0.05, 0) is 0 Å². The van der Waals surface area contributed by atoms with Crippen molar-refractivity contribution in [3.05, 3.63) is 50.2 Å². The number of rotatable bonds is 9. The molecule has 0 saturated heterocycles. The van der Waals surface area contributed by atoms with E-state index in [1.807, 2.05) is 0 Å². The molecular formula is C24H42MnN6. The van der Waals surface area contributed by atoms with Gasteiger partial charge in [0.05, 0.1) is 0 Å². The minimum absolute atomic E-state index is 1.08. The molecule has 3 rings (SSSR count). The van der Waals surface area contributed by atoms with Crippen LogP contribution in [0.3, 0.4) is 0 Å². The van der Waals surface area contributed by atoms with Crippen LogP contribution >= 0.6 is 0 Å². The Morgan fingerprint density at radius 2 is 0.806 bits per heavy atom. The number of aryl methyl sites for hydroxylation is 6. The summed E-state index contributed by atoms with van der Waals surface area (Å²) in [6, 6.07) is 0. The summed E-state index contributed by atoms with van der Waals surface area (Å²) in [7, 11) is 6.67. The molecule has 175 valence electrons. The topological polar surface area (TPSA) is 29.6 Å². The molecule has 0 amide bonds. The van der Waals surface area contributed by atoms with E-state index >= 15 is 0 Å². The number of aromatic nitrogens is 6. The predicted molar refractivity (Wildman–Crippen MR) is 125 cm³/mol. The van der Waals surface area contributed by atoms with Crippen molar-refractivity contribution in [3.63, 3.8) is 0 Å². The van der Waals surface area contributed by atoms with Gasteiger partial charge in [-0.3, -0.25) is 0 Å². The van der Waals surface area contributed by atoms with E-state index < -0.39 is 12.6 Å². The molecule has 3 heterocycles. The molecule has 0 aliphatic heterocycles. The van der Waals surface area contributed by atoms with E-state index in [4.69, 9.17) is 0 Å². The van der Waals surface area contributed by atoms with Gasteiger partial charge in [0, 0.05) is 0 Å². The van der Waals surface area contributed by atoms with Crippen LogP contribution in [0, 0.1) is 13.0 Å². The van der Waals surface area contributed by atoms with Crippen molar-refractivity contribution in [1.82, 2.24) is 27.4 Å². The first-order chi connectivity index (χ1) is 15.0. The van der Waals surface area contributed by atoms with Gasteiger partial charge in [-0.2, -0.15) is 0 Å². The van der Waals surface area contributed by atoms with E-state index in [1.165, 1.54) is 51.5 Å². The molecular weight excluding hydrogens is 427 g/mol. The zero-order valence-electron chi connectivity index (χ0n) is 20.4. The number of hydrogen-bond acceptors (Lipinski definition) is 0. The molecule has 3 aromatic heterocycles. The number of imidazole rings is 3. The molecule has 0 unspecified atom stereocenters. The first kappa shape index (κ1) is 23.8. The second-order valence-electron chi connectivity index (χ2n) is 8.46. The van der Waals surface area contributed by atoms with Crippen LogP contribution in [0.15, 0.2) is 37.2 Å². The minimum atomic E-state index is -1.27. The Kier molecular flexibility index (Phi) is 8.56. The summed E-state index contributed by atoms with van der Waals surface area (Å²) in [4.78, 5) is 0. The molecule has 0 saturated carbocycles. The molecule has 0 aromatic carbocycles. The third-order valence-electron chi connectivity index (χ3n) is 5.76. The molecule has 0 aliphatic carbocycles. The Morgan fingerprint density at radius 3 is 1.06 bits per heavy atom. The van der Waals surface area contributed by atoms with E-state index in [9.17, 15) is 0 Å². The van der Waals surface area contributed by atoms with Gasteiger partial charge in [0.25, 0.3) is 0 Å². The van der Waals surface area contributed by atoms with E-state index in [0.717, 1.165) is 19.6 Å². The van der Waals surface area contributed by atoms with Crippen LogP contribution in [0.25, 0.3) is 0 Å². The van der Waals surface area contributed by atoms with Crippen molar-refractivity contribution in [2.45, 2.75) is 78.9 Å². The average Bonchev–Trinajstić information content (AvgIpc) is 3.43. The van der Waals surface area contributed by atoms with Gasteiger partial charge in [-0.25, -0.2) is 0 Å². The Morgan fingerprint density at radius 1 is 0.516 bits per heavy atom. The fourth-order valence-electron chi connectivity index (χ4n) is 3.96. The first-order valence-electron chi connectivity index (χ1n) is 11.9. The maximum absolute atomic E-state index is 2.52. The third-order valence-corrected chi connectivity index (χ3v) is 9.61.